The van der Waals surface area contributed by atoms with Crippen molar-refractivity contribution in [3.05, 3.63) is 96.4 Å². The Labute approximate surface area is 241 Å². The van der Waals surface area contributed by atoms with E-state index in [9.17, 15) is 23.5 Å². The smallest absolute Gasteiger partial charge is 0.227 e. The van der Waals surface area contributed by atoms with Gasteiger partial charge in [-0.05, 0) is 50.6 Å². The van der Waals surface area contributed by atoms with E-state index in [2.05, 4.69) is 28.2 Å². The third-order valence-electron chi connectivity index (χ3n) is 6.18. The van der Waals surface area contributed by atoms with Gasteiger partial charge in [0.2, 0.25) is 17.6 Å². The predicted molar refractivity (Wildman–Crippen MR) is 160 cm³/mol. The topological polar surface area (TPSA) is 137 Å². The van der Waals surface area contributed by atoms with E-state index in [-0.39, 0.29) is 28.8 Å². The van der Waals surface area contributed by atoms with Gasteiger partial charge in [-0.15, -0.1) is 0 Å². The summed E-state index contributed by atoms with van der Waals surface area (Å²) in [6.07, 6.45) is 8.59. The molecule has 1 aromatic heterocycles. The zero-order valence-electron chi connectivity index (χ0n) is 23.5. The molecule has 12 heteroatoms. The lowest BCUT2D eigenvalue weighted by molar-refractivity contribution is -0.117. The quantitative estimate of drug-likeness (QED) is 0.0600. The number of amides is 1. The molecule has 1 aliphatic heterocycles. The zero-order chi connectivity index (χ0) is 31.0. The van der Waals surface area contributed by atoms with Gasteiger partial charge in [0.15, 0.2) is 17.4 Å². The number of H-pyrrole nitrogens is 1. The Morgan fingerprint density at radius 3 is 2.64 bits per heavy atom. The molecule has 3 rings (SSSR count). The van der Waals surface area contributed by atoms with Crippen LogP contribution in [0.3, 0.4) is 0 Å². The van der Waals surface area contributed by atoms with Gasteiger partial charge in [0.05, 0.1) is 35.1 Å². The molecule has 1 amide bonds. The van der Waals surface area contributed by atoms with E-state index in [0.717, 1.165) is 12.3 Å². The number of allylic oxidation sites excluding steroid dienone is 6. The number of phenols is 1. The summed E-state index contributed by atoms with van der Waals surface area (Å²) in [5.41, 5.74) is 7.41. The molecule has 220 valence electrons. The summed E-state index contributed by atoms with van der Waals surface area (Å²) in [5, 5.41) is 16.7. The number of aromatic nitrogens is 1. The molecule has 0 radical (unpaired) electrons. The van der Waals surface area contributed by atoms with Crippen LogP contribution in [0.2, 0.25) is 0 Å². The standard InChI is InChI=1S/C30H32F2N6O4/c1-6-9-27(42-30(19(4)31)22(32)7-2)34-16-18(3)37(5)35-17-21(15-33)29(41)24-12-20-13-26(39)25(14-23(20)36-24)38-11-8-10-28(38)40/h6-7,9,12-17,36,39H,2,4,8,10-11,33H2,1,3,5H3/b9-6+,18-16+,21-15-,30-22-,34-27-,35-17-. The van der Waals surface area contributed by atoms with E-state index < -0.39 is 23.2 Å². The van der Waals surface area contributed by atoms with Crippen molar-refractivity contribution in [2.45, 2.75) is 26.7 Å². The Bertz CT molecular complexity index is 1600. The largest absolute Gasteiger partial charge is 0.506 e. The van der Waals surface area contributed by atoms with Crippen LogP contribution in [0.25, 0.3) is 10.9 Å². The molecule has 2 aromatic rings. The zero-order valence-corrected chi connectivity index (χ0v) is 23.5. The minimum absolute atomic E-state index is 0.0610. The first kappa shape index (κ1) is 31.3. The van der Waals surface area contributed by atoms with Crippen LogP contribution in [0.4, 0.5) is 14.5 Å². The van der Waals surface area contributed by atoms with Crippen molar-refractivity contribution in [2.24, 2.45) is 15.8 Å². The number of aromatic amines is 1. The van der Waals surface area contributed by atoms with Crippen molar-refractivity contribution < 1.29 is 28.2 Å². The number of halogens is 2. The average molecular weight is 579 g/mol. The second-order valence-corrected chi connectivity index (χ2v) is 9.11. The molecule has 2 heterocycles. The highest BCUT2D eigenvalue weighted by Gasteiger charge is 2.25. The molecule has 0 bridgehead atoms. The van der Waals surface area contributed by atoms with Gasteiger partial charge in [0.25, 0.3) is 0 Å². The van der Waals surface area contributed by atoms with Crippen molar-refractivity contribution in [1.82, 2.24) is 9.99 Å². The fourth-order valence-corrected chi connectivity index (χ4v) is 3.89. The van der Waals surface area contributed by atoms with Crippen molar-refractivity contribution in [2.75, 3.05) is 18.5 Å². The fraction of sp³-hybridized carbons (Fsp3) is 0.200. The van der Waals surface area contributed by atoms with Crippen LogP contribution in [0.1, 0.15) is 37.2 Å². The molecule has 1 aromatic carbocycles. The fourth-order valence-electron chi connectivity index (χ4n) is 3.89. The van der Waals surface area contributed by atoms with Crippen molar-refractivity contribution in [1.29, 1.82) is 0 Å². The summed E-state index contributed by atoms with van der Waals surface area (Å²) in [7, 11) is 1.59. The first-order valence-electron chi connectivity index (χ1n) is 12.8. The Hall–Kier alpha value is -5.26. The summed E-state index contributed by atoms with van der Waals surface area (Å²) in [5.74, 6) is -3.64. The molecule has 1 saturated heterocycles. The second kappa shape index (κ2) is 13.9. The maximum atomic E-state index is 13.9. The number of anilines is 1. The molecule has 0 saturated carbocycles. The van der Waals surface area contributed by atoms with Crippen molar-refractivity contribution in [3.63, 3.8) is 0 Å². The molecule has 1 aliphatic rings. The number of hydrogen-bond donors (Lipinski definition) is 3. The Balaban J connectivity index is 1.79. The summed E-state index contributed by atoms with van der Waals surface area (Å²) in [4.78, 5) is 34.0. The lowest BCUT2D eigenvalue weighted by Crippen LogP contribution is -2.23. The highest BCUT2D eigenvalue weighted by atomic mass is 19.1. The highest BCUT2D eigenvalue weighted by Crippen LogP contribution is 2.35. The van der Waals surface area contributed by atoms with Gasteiger partial charge < -0.3 is 25.5 Å². The van der Waals surface area contributed by atoms with Crippen LogP contribution in [-0.4, -0.2) is 52.5 Å². The van der Waals surface area contributed by atoms with Gasteiger partial charge in [-0.1, -0.05) is 19.2 Å². The number of ketones is 1. The van der Waals surface area contributed by atoms with E-state index in [4.69, 9.17) is 10.5 Å². The SMILES string of the molecule is C=C/C(F)=C(/OC(/C=C/C)=N\C=C(/C)N(C)/N=C\C(=C\N)C(=O)c1cc2cc(O)c(N3CCCC3=O)cc2[nH]1)C(=C)F. The number of carbonyl (C=O) groups is 2. The lowest BCUT2D eigenvalue weighted by Gasteiger charge is -2.17. The predicted octanol–water partition coefficient (Wildman–Crippen LogP) is 5.65. The summed E-state index contributed by atoms with van der Waals surface area (Å²) in [6.45, 7) is 10.1. The van der Waals surface area contributed by atoms with Crippen LogP contribution in [0.5, 0.6) is 5.75 Å². The maximum Gasteiger partial charge on any atom is 0.227 e. The number of carbonyl (C=O) groups excluding carboxylic acids is 2. The highest BCUT2D eigenvalue weighted by molar-refractivity contribution is 6.21. The van der Waals surface area contributed by atoms with Crippen molar-refractivity contribution >= 4 is 40.4 Å². The monoisotopic (exact) mass is 578 g/mol. The van der Waals surface area contributed by atoms with Gasteiger partial charge in [0.1, 0.15) is 5.75 Å². The molecule has 42 heavy (non-hydrogen) atoms. The van der Waals surface area contributed by atoms with E-state index in [0.29, 0.717) is 41.7 Å². The van der Waals surface area contributed by atoms with E-state index in [1.54, 1.807) is 39.1 Å². The van der Waals surface area contributed by atoms with Gasteiger partial charge in [0, 0.05) is 37.1 Å². The third kappa shape index (κ3) is 7.27. The van der Waals surface area contributed by atoms with Crippen molar-refractivity contribution in [3.8, 4) is 5.75 Å². The molecular weight excluding hydrogens is 546 g/mol. The van der Waals surface area contributed by atoms with Gasteiger partial charge in [-0.25, -0.2) is 13.8 Å². The number of phenolic OH excluding ortho intramolecular Hbond substituents is 1. The van der Waals surface area contributed by atoms with E-state index in [1.165, 1.54) is 34.5 Å². The van der Waals surface area contributed by atoms with Crippen LogP contribution >= 0.6 is 0 Å². The van der Waals surface area contributed by atoms with Crippen LogP contribution in [-0.2, 0) is 9.53 Å². The van der Waals surface area contributed by atoms with Crippen LogP contribution < -0.4 is 10.6 Å². The molecule has 0 aliphatic carbocycles. The first-order chi connectivity index (χ1) is 20.0. The molecule has 10 nitrogen and oxygen atoms in total. The Morgan fingerprint density at radius 1 is 1.31 bits per heavy atom. The lowest BCUT2D eigenvalue weighted by atomic mass is 10.1. The Morgan fingerprint density at radius 2 is 2.05 bits per heavy atom. The number of hydrogen-bond acceptors (Lipinski definition) is 8. The third-order valence-corrected chi connectivity index (χ3v) is 6.18. The first-order valence-corrected chi connectivity index (χ1v) is 12.8. The number of aromatic hydroxyl groups is 1. The number of hydrazone groups is 1. The summed E-state index contributed by atoms with van der Waals surface area (Å²) in [6, 6.07) is 4.69. The van der Waals surface area contributed by atoms with Gasteiger partial charge in [-0.2, -0.15) is 5.10 Å². The van der Waals surface area contributed by atoms with Gasteiger partial charge in [-0.3, -0.25) is 14.6 Å². The number of nitrogens with zero attached hydrogens (tertiary/aromatic N) is 4. The number of nitrogens with two attached hydrogens (primary N) is 1. The Kier molecular flexibility index (Phi) is 10.3. The number of fused-ring (bicyclic) bond motifs is 1. The van der Waals surface area contributed by atoms with E-state index >= 15 is 0 Å². The summed E-state index contributed by atoms with van der Waals surface area (Å²) >= 11 is 0. The minimum Gasteiger partial charge on any atom is -0.506 e. The number of benzene rings is 1. The molecule has 4 N–H and O–H groups in total. The molecule has 0 spiro atoms. The van der Waals surface area contributed by atoms with Gasteiger partial charge >= 0.3 is 0 Å². The number of nitrogens with one attached hydrogen (secondary N) is 1. The van der Waals surface area contributed by atoms with Crippen LogP contribution in [0.15, 0.2) is 101 Å². The molecular formula is C30H32F2N6O4. The number of ether oxygens (including phenoxy) is 1. The second-order valence-electron chi connectivity index (χ2n) is 9.11. The number of Topliss-reactive ketones (excluding diaryl/α,β-unsaturated/α-hetero) is 1. The maximum absolute atomic E-state index is 13.9. The normalized spacial score (nSPS) is 15.6. The van der Waals surface area contributed by atoms with E-state index in [1.807, 2.05) is 0 Å². The number of aliphatic imine (C=N–C) groups is 1. The summed E-state index contributed by atoms with van der Waals surface area (Å²) < 4.78 is 32.8. The molecule has 0 unspecified atom stereocenters. The number of rotatable bonds is 11. The van der Waals surface area contributed by atoms with Crippen LogP contribution in [0, 0.1) is 0 Å². The minimum atomic E-state index is -1.13. The average Bonchev–Trinajstić information content (AvgIpc) is 3.58. The molecule has 0 atom stereocenters. The molecule has 1 fully saturated rings.